The molecule has 33 heavy (non-hydrogen) atoms. The number of methoxy groups -OCH3 is 2. The minimum absolute atomic E-state index is 0.136. The van der Waals surface area contributed by atoms with Crippen LogP contribution in [0.5, 0.6) is 11.5 Å². The van der Waals surface area contributed by atoms with Gasteiger partial charge in [0.25, 0.3) is 0 Å². The van der Waals surface area contributed by atoms with Gasteiger partial charge < -0.3 is 19.5 Å². The maximum Gasteiger partial charge on any atom is 0.223 e. The summed E-state index contributed by atoms with van der Waals surface area (Å²) in [5, 5.41) is 10.6. The van der Waals surface area contributed by atoms with Gasteiger partial charge in [0.1, 0.15) is 11.5 Å². The average molecular weight is 456 g/mol. The summed E-state index contributed by atoms with van der Waals surface area (Å²) in [4.78, 5) is 15.5. The van der Waals surface area contributed by atoms with Gasteiger partial charge in [0.05, 0.1) is 20.3 Å². The second kappa shape index (κ2) is 8.18. The standard InChI is InChI=1S/C28H41NO4/c1-17-12-24-28(3,21-8-10-27(2)15-19(30)13-22(27)26(17)21)11-9-25(31)29(24)16-18-6-7-20(32-4)14-23(18)33-5/h6-7,14,17,19,21-22,24,26,30H,8-13,15-16H2,1-5H3/t17-,19?,21?,22?,24?,26?,27+,28+/m0/s1. The lowest BCUT2D eigenvalue weighted by Crippen LogP contribution is -2.63. The number of aliphatic hydroxyl groups is 1. The molecular formula is C28H41NO4. The Hall–Kier alpha value is -1.75. The predicted octanol–water partition coefficient (Wildman–Crippen LogP) is 5.04. The zero-order valence-corrected chi connectivity index (χ0v) is 21.0. The van der Waals surface area contributed by atoms with Crippen LogP contribution in [0.2, 0.25) is 0 Å². The molecule has 0 spiro atoms. The van der Waals surface area contributed by atoms with Crippen LogP contribution >= 0.6 is 0 Å². The van der Waals surface area contributed by atoms with E-state index < -0.39 is 0 Å². The van der Waals surface area contributed by atoms with Gasteiger partial charge in [-0.05, 0) is 85.2 Å². The molecule has 4 fully saturated rings. The first-order chi connectivity index (χ1) is 15.7. The number of hydrogen-bond donors (Lipinski definition) is 1. The molecule has 3 saturated carbocycles. The number of benzene rings is 1. The van der Waals surface area contributed by atoms with E-state index in [9.17, 15) is 9.90 Å². The Bertz CT molecular complexity index is 917. The van der Waals surface area contributed by atoms with E-state index in [1.165, 1.54) is 12.8 Å². The highest BCUT2D eigenvalue weighted by atomic mass is 16.5. The highest BCUT2D eigenvalue weighted by Gasteiger charge is 2.62. The van der Waals surface area contributed by atoms with Crippen LogP contribution < -0.4 is 9.47 Å². The van der Waals surface area contributed by atoms with Gasteiger partial charge in [-0.1, -0.05) is 20.8 Å². The summed E-state index contributed by atoms with van der Waals surface area (Å²) in [6.07, 6.45) is 6.93. The SMILES string of the molecule is COc1ccc(CN2C(=O)CC[C@]3(C)C4CC[C@]5(C)CC(O)CC5C4[C@@H](C)CC23)c(OC)c1. The molecule has 0 aromatic heterocycles. The lowest BCUT2D eigenvalue weighted by molar-refractivity contribution is -0.169. The molecule has 1 aromatic rings. The number of aliphatic hydroxyl groups excluding tert-OH is 1. The molecule has 1 N–H and O–H groups in total. The van der Waals surface area contributed by atoms with Crippen molar-refractivity contribution in [2.24, 2.45) is 34.5 Å². The van der Waals surface area contributed by atoms with Gasteiger partial charge in [-0.15, -0.1) is 0 Å². The molecule has 182 valence electrons. The molecule has 5 unspecified atom stereocenters. The molecule has 1 aliphatic heterocycles. The van der Waals surface area contributed by atoms with Crippen molar-refractivity contribution in [2.45, 2.75) is 84.4 Å². The predicted molar refractivity (Wildman–Crippen MR) is 128 cm³/mol. The average Bonchev–Trinajstić information content (AvgIpc) is 3.11. The smallest absolute Gasteiger partial charge is 0.223 e. The molecule has 5 rings (SSSR count). The van der Waals surface area contributed by atoms with Crippen LogP contribution in [0.1, 0.15) is 71.3 Å². The molecule has 4 aliphatic rings. The molecule has 1 heterocycles. The van der Waals surface area contributed by atoms with Crippen molar-refractivity contribution in [2.75, 3.05) is 14.2 Å². The van der Waals surface area contributed by atoms with Crippen molar-refractivity contribution in [3.63, 3.8) is 0 Å². The fourth-order valence-electron chi connectivity index (χ4n) is 8.70. The number of carbonyl (C=O) groups excluding carboxylic acids is 1. The van der Waals surface area contributed by atoms with Gasteiger partial charge in [0.2, 0.25) is 5.91 Å². The number of carbonyl (C=O) groups is 1. The van der Waals surface area contributed by atoms with Gasteiger partial charge in [0.15, 0.2) is 0 Å². The number of nitrogens with zero attached hydrogens (tertiary/aromatic N) is 1. The topological polar surface area (TPSA) is 59.0 Å². The third-order valence-corrected chi connectivity index (χ3v) is 10.3. The molecule has 1 aromatic carbocycles. The highest BCUT2D eigenvalue weighted by molar-refractivity contribution is 5.78. The van der Waals surface area contributed by atoms with Crippen LogP contribution in [-0.2, 0) is 11.3 Å². The lowest BCUT2D eigenvalue weighted by atomic mass is 9.45. The summed E-state index contributed by atoms with van der Waals surface area (Å²) in [6, 6.07) is 6.17. The maximum absolute atomic E-state index is 13.3. The van der Waals surface area contributed by atoms with Crippen LogP contribution in [0.25, 0.3) is 0 Å². The van der Waals surface area contributed by atoms with E-state index in [1.807, 2.05) is 18.2 Å². The summed E-state index contributed by atoms with van der Waals surface area (Å²) < 4.78 is 11.0. The van der Waals surface area contributed by atoms with Crippen molar-refractivity contribution in [1.82, 2.24) is 4.90 Å². The van der Waals surface area contributed by atoms with Gasteiger partial charge >= 0.3 is 0 Å². The minimum atomic E-state index is -0.136. The maximum atomic E-state index is 13.3. The molecule has 0 radical (unpaired) electrons. The zero-order chi connectivity index (χ0) is 23.5. The number of hydrogen-bond acceptors (Lipinski definition) is 4. The van der Waals surface area contributed by atoms with Gasteiger partial charge in [-0.25, -0.2) is 0 Å². The second-order valence-corrected chi connectivity index (χ2v) is 12.0. The van der Waals surface area contributed by atoms with E-state index in [4.69, 9.17) is 9.47 Å². The first-order valence-corrected chi connectivity index (χ1v) is 12.9. The monoisotopic (exact) mass is 455 g/mol. The van der Waals surface area contributed by atoms with Crippen LogP contribution in [0.4, 0.5) is 0 Å². The Kier molecular flexibility index (Phi) is 5.70. The van der Waals surface area contributed by atoms with Crippen LogP contribution in [-0.4, -0.2) is 42.3 Å². The Labute approximate surface area is 198 Å². The Morgan fingerprint density at radius 3 is 2.64 bits per heavy atom. The quantitative estimate of drug-likeness (QED) is 0.691. The Morgan fingerprint density at radius 1 is 1.12 bits per heavy atom. The van der Waals surface area contributed by atoms with Gasteiger partial charge in [-0.3, -0.25) is 4.79 Å². The second-order valence-electron chi connectivity index (χ2n) is 12.0. The molecule has 0 bridgehead atoms. The Morgan fingerprint density at radius 2 is 1.91 bits per heavy atom. The van der Waals surface area contributed by atoms with Crippen molar-refractivity contribution in [3.8, 4) is 11.5 Å². The van der Waals surface area contributed by atoms with Crippen molar-refractivity contribution in [1.29, 1.82) is 0 Å². The largest absolute Gasteiger partial charge is 0.497 e. The first-order valence-electron chi connectivity index (χ1n) is 12.9. The van der Waals surface area contributed by atoms with Crippen LogP contribution in [0, 0.1) is 34.5 Å². The van der Waals surface area contributed by atoms with E-state index in [0.29, 0.717) is 42.1 Å². The third kappa shape index (κ3) is 3.57. The normalized spacial score (nSPS) is 42.4. The molecule has 1 saturated heterocycles. The van der Waals surface area contributed by atoms with Crippen molar-refractivity contribution in [3.05, 3.63) is 23.8 Å². The summed E-state index contributed by atoms with van der Waals surface area (Å²) in [6.45, 7) is 7.91. The Balaban J connectivity index is 1.46. The lowest BCUT2D eigenvalue weighted by Gasteiger charge is -2.63. The number of piperidine rings is 1. The van der Waals surface area contributed by atoms with Crippen LogP contribution in [0.3, 0.4) is 0 Å². The molecule has 3 aliphatic carbocycles. The number of ether oxygens (including phenoxy) is 2. The molecule has 5 heteroatoms. The van der Waals surface area contributed by atoms with E-state index in [-0.39, 0.29) is 23.5 Å². The van der Waals surface area contributed by atoms with Gasteiger partial charge in [-0.2, -0.15) is 0 Å². The molecule has 1 amide bonds. The van der Waals surface area contributed by atoms with E-state index >= 15 is 0 Å². The highest BCUT2D eigenvalue weighted by Crippen LogP contribution is 2.66. The van der Waals surface area contributed by atoms with Crippen molar-refractivity contribution < 1.29 is 19.4 Å². The first kappa shape index (κ1) is 23.0. The van der Waals surface area contributed by atoms with Crippen molar-refractivity contribution >= 4 is 5.91 Å². The summed E-state index contributed by atoms with van der Waals surface area (Å²) in [5.74, 6) is 4.29. The number of amides is 1. The van der Waals surface area contributed by atoms with Crippen LogP contribution in [0.15, 0.2) is 18.2 Å². The summed E-state index contributed by atoms with van der Waals surface area (Å²) in [5.41, 5.74) is 1.47. The molecule has 5 nitrogen and oxygen atoms in total. The fraction of sp³-hybridized carbons (Fsp3) is 0.750. The number of fused-ring (bicyclic) bond motifs is 5. The van der Waals surface area contributed by atoms with E-state index in [2.05, 4.69) is 25.7 Å². The number of rotatable bonds is 4. The zero-order valence-electron chi connectivity index (χ0n) is 21.0. The molecule has 8 atom stereocenters. The molecular weight excluding hydrogens is 414 g/mol. The number of likely N-dealkylation sites (tertiary alicyclic amines) is 1. The van der Waals surface area contributed by atoms with E-state index in [0.717, 1.165) is 42.7 Å². The fourth-order valence-corrected chi connectivity index (χ4v) is 8.70. The third-order valence-electron chi connectivity index (χ3n) is 10.3. The minimum Gasteiger partial charge on any atom is -0.497 e. The van der Waals surface area contributed by atoms with E-state index in [1.54, 1.807) is 14.2 Å². The summed E-state index contributed by atoms with van der Waals surface area (Å²) in [7, 11) is 3.34. The summed E-state index contributed by atoms with van der Waals surface area (Å²) >= 11 is 0. The van der Waals surface area contributed by atoms with Gasteiger partial charge in [0, 0.05) is 30.6 Å².